The summed E-state index contributed by atoms with van der Waals surface area (Å²) in [5, 5.41) is 17.4. The molecule has 1 atom stereocenters. The molecular formula is C28H26F2N8. The van der Waals surface area contributed by atoms with Gasteiger partial charge in [-0.25, -0.2) is 23.4 Å². The van der Waals surface area contributed by atoms with E-state index >= 15 is 0 Å². The number of halogens is 2. The Labute approximate surface area is 217 Å². The van der Waals surface area contributed by atoms with Crippen LogP contribution in [0.25, 0.3) is 27.8 Å². The van der Waals surface area contributed by atoms with E-state index in [0.717, 1.165) is 71.6 Å². The largest absolute Gasteiger partial charge is 0.298 e. The number of hydrogen-bond acceptors (Lipinski definition) is 6. The van der Waals surface area contributed by atoms with E-state index in [4.69, 9.17) is 0 Å². The van der Waals surface area contributed by atoms with Crippen molar-refractivity contribution in [1.29, 1.82) is 0 Å². The molecule has 1 aliphatic carbocycles. The molecule has 5 aromatic rings. The van der Waals surface area contributed by atoms with Gasteiger partial charge in [-0.1, -0.05) is 11.3 Å². The molecule has 2 aliphatic rings. The Morgan fingerprint density at radius 2 is 1.79 bits per heavy atom. The second-order valence-corrected chi connectivity index (χ2v) is 10.3. The van der Waals surface area contributed by atoms with Crippen LogP contribution in [0, 0.1) is 11.6 Å². The zero-order valence-electron chi connectivity index (χ0n) is 20.7. The molecule has 1 saturated heterocycles. The maximum atomic E-state index is 14.2. The summed E-state index contributed by atoms with van der Waals surface area (Å²) in [6.45, 7) is 1.71. The van der Waals surface area contributed by atoms with Gasteiger partial charge in [0.25, 0.3) is 0 Å². The first kappa shape index (κ1) is 23.1. The van der Waals surface area contributed by atoms with Crippen LogP contribution in [0.15, 0.2) is 55.0 Å². The predicted octanol–water partition coefficient (Wildman–Crippen LogP) is 5.14. The SMILES string of the molecule is Fc1cccc(F)c1CN1CCC[C@@H](c2cn(-c3ccc4[nH]nc(-c5cnc(C6CC6)nc5)c4c3)nn2)C1. The molecule has 192 valence electrons. The van der Waals surface area contributed by atoms with Gasteiger partial charge >= 0.3 is 0 Å². The number of piperidine rings is 1. The van der Waals surface area contributed by atoms with Crippen molar-refractivity contribution in [1.82, 2.24) is 40.1 Å². The lowest BCUT2D eigenvalue weighted by Crippen LogP contribution is -2.34. The van der Waals surface area contributed by atoms with E-state index in [9.17, 15) is 8.78 Å². The van der Waals surface area contributed by atoms with Crippen molar-refractivity contribution in [3.63, 3.8) is 0 Å². The van der Waals surface area contributed by atoms with Gasteiger partial charge in [-0.2, -0.15) is 5.10 Å². The highest BCUT2D eigenvalue weighted by molar-refractivity contribution is 5.93. The Hall–Kier alpha value is -4.05. The Kier molecular flexibility index (Phi) is 5.69. The van der Waals surface area contributed by atoms with E-state index < -0.39 is 11.6 Å². The Morgan fingerprint density at radius 3 is 2.58 bits per heavy atom. The number of hydrogen-bond donors (Lipinski definition) is 1. The average Bonchev–Trinajstić information content (AvgIpc) is 3.52. The quantitative estimate of drug-likeness (QED) is 0.339. The number of H-pyrrole nitrogens is 1. The van der Waals surface area contributed by atoms with Crippen LogP contribution in [0.1, 0.15) is 54.6 Å². The van der Waals surface area contributed by atoms with Crippen LogP contribution in [0.4, 0.5) is 8.78 Å². The summed E-state index contributed by atoms with van der Waals surface area (Å²) < 4.78 is 30.1. The third-order valence-electron chi connectivity index (χ3n) is 7.58. The molecule has 3 aromatic heterocycles. The molecular weight excluding hydrogens is 486 g/mol. The first-order valence-electron chi connectivity index (χ1n) is 13.0. The molecule has 0 unspecified atom stereocenters. The molecule has 1 N–H and O–H groups in total. The van der Waals surface area contributed by atoms with Gasteiger partial charge in [-0.15, -0.1) is 5.10 Å². The van der Waals surface area contributed by atoms with Crippen LogP contribution >= 0.6 is 0 Å². The van der Waals surface area contributed by atoms with E-state index in [1.807, 2.05) is 36.8 Å². The zero-order valence-corrected chi connectivity index (χ0v) is 20.7. The van der Waals surface area contributed by atoms with Crippen LogP contribution in [-0.2, 0) is 6.54 Å². The van der Waals surface area contributed by atoms with Gasteiger partial charge in [0.05, 0.1) is 23.1 Å². The molecule has 10 heteroatoms. The second-order valence-electron chi connectivity index (χ2n) is 10.3. The number of rotatable bonds is 6. The van der Waals surface area contributed by atoms with Crippen LogP contribution in [0.2, 0.25) is 0 Å². The Bertz CT molecular complexity index is 1580. The van der Waals surface area contributed by atoms with Crippen molar-refractivity contribution in [2.24, 2.45) is 0 Å². The molecule has 0 amide bonds. The van der Waals surface area contributed by atoms with Crippen molar-refractivity contribution < 1.29 is 8.78 Å². The van der Waals surface area contributed by atoms with Gasteiger partial charge in [-0.05, 0) is 62.6 Å². The Balaban J connectivity index is 1.11. The predicted molar refractivity (Wildman–Crippen MR) is 138 cm³/mol. The normalized spacial score (nSPS) is 18.3. The first-order valence-corrected chi connectivity index (χ1v) is 13.0. The molecule has 2 aromatic carbocycles. The van der Waals surface area contributed by atoms with Crippen LogP contribution in [0.5, 0.6) is 0 Å². The standard InChI is InChI=1S/C28H26F2N8/c29-23-4-1-5-24(30)22(23)15-37-10-2-3-18(14-37)26-16-38(36-34-26)20-8-9-25-21(11-20)27(35-33-25)19-12-31-28(32-13-19)17-6-7-17/h1,4-5,8-9,11-13,16-18H,2-3,6-7,10,14-15H2,(H,33,35)/t18-/m1/s1. The fraction of sp³-hybridized carbons (Fsp3) is 0.321. The van der Waals surface area contributed by atoms with Crippen LogP contribution in [-0.4, -0.2) is 53.1 Å². The van der Waals surface area contributed by atoms with Gasteiger partial charge < -0.3 is 0 Å². The maximum absolute atomic E-state index is 14.2. The number of fused-ring (bicyclic) bond motifs is 1. The average molecular weight is 513 g/mol. The summed E-state index contributed by atoms with van der Waals surface area (Å²) in [7, 11) is 0. The third kappa shape index (κ3) is 4.34. The highest BCUT2D eigenvalue weighted by Gasteiger charge is 2.27. The van der Waals surface area contributed by atoms with Crippen LogP contribution in [0.3, 0.4) is 0 Å². The summed E-state index contributed by atoms with van der Waals surface area (Å²) >= 11 is 0. The summed E-state index contributed by atoms with van der Waals surface area (Å²) in [6, 6.07) is 10.0. The fourth-order valence-electron chi connectivity index (χ4n) is 5.31. The van der Waals surface area contributed by atoms with Gasteiger partial charge in [0.1, 0.15) is 23.2 Å². The summed E-state index contributed by atoms with van der Waals surface area (Å²) in [6.07, 6.45) is 9.85. The lowest BCUT2D eigenvalue weighted by atomic mass is 9.95. The summed E-state index contributed by atoms with van der Waals surface area (Å²) in [5.74, 6) is 0.549. The molecule has 38 heavy (non-hydrogen) atoms. The first-order chi connectivity index (χ1) is 18.6. The minimum absolute atomic E-state index is 0.119. The lowest BCUT2D eigenvalue weighted by molar-refractivity contribution is 0.194. The van der Waals surface area contributed by atoms with Gasteiger partial charge in [-0.3, -0.25) is 10.00 Å². The number of aromatic nitrogens is 7. The van der Waals surface area contributed by atoms with E-state index in [1.54, 1.807) is 4.68 Å². The fourth-order valence-corrected chi connectivity index (χ4v) is 5.31. The number of nitrogens with zero attached hydrogens (tertiary/aromatic N) is 7. The zero-order chi connectivity index (χ0) is 25.6. The summed E-state index contributed by atoms with van der Waals surface area (Å²) in [4.78, 5) is 11.2. The van der Waals surface area contributed by atoms with E-state index in [-0.39, 0.29) is 18.0 Å². The molecule has 8 nitrogen and oxygen atoms in total. The van der Waals surface area contributed by atoms with Crippen molar-refractivity contribution >= 4 is 10.9 Å². The van der Waals surface area contributed by atoms with E-state index in [1.165, 1.54) is 18.2 Å². The number of likely N-dealkylation sites (tertiary alicyclic amines) is 1. The van der Waals surface area contributed by atoms with Crippen molar-refractivity contribution in [3.05, 3.63) is 83.7 Å². The molecule has 7 rings (SSSR count). The second kappa shape index (κ2) is 9.36. The molecule has 0 spiro atoms. The summed E-state index contributed by atoms with van der Waals surface area (Å²) in [5.41, 5.74) is 4.45. The van der Waals surface area contributed by atoms with Crippen molar-refractivity contribution in [2.45, 2.75) is 44.1 Å². The number of nitrogens with one attached hydrogen (secondary N) is 1. The van der Waals surface area contributed by atoms with E-state index in [0.29, 0.717) is 12.5 Å². The highest BCUT2D eigenvalue weighted by Crippen LogP contribution is 2.38. The monoisotopic (exact) mass is 512 g/mol. The third-order valence-corrected chi connectivity index (χ3v) is 7.58. The van der Waals surface area contributed by atoms with Crippen molar-refractivity contribution in [3.8, 4) is 16.9 Å². The molecule has 0 bridgehead atoms. The molecule has 1 aliphatic heterocycles. The van der Waals surface area contributed by atoms with Gasteiger partial charge in [0.15, 0.2) is 0 Å². The molecule has 1 saturated carbocycles. The smallest absolute Gasteiger partial charge is 0.131 e. The minimum Gasteiger partial charge on any atom is -0.298 e. The van der Waals surface area contributed by atoms with E-state index in [2.05, 4.69) is 35.4 Å². The lowest BCUT2D eigenvalue weighted by Gasteiger charge is -2.31. The molecule has 2 fully saturated rings. The van der Waals surface area contributed by atoms with Gasteiger partial charge in [0.2, 0.25) is 0 Å². The highest BCUT2D eigenvalue weighted by atomic mass is 19.1. The topological polar surface area (TPSA) is 88.4 Å². The number of aromatic amines is 1. The maximum Gasteiger partial charge on any atom is 0.131 e. The molecule has 0 radical (unpaired) electrons. The molecule has 4 heterocycles. The van der Waals surface area contributed by atoms with Crippen LogP contribution < -0.4 is 0 Å². The number of benzene rings is 2. The minimum atomic E-state index is -0.502. The van der Waals surface area contributed by atoms with Gasteiger partial charge in [0, 0.05) is 53.8 Å². The Morgan fingerprint density at radius 1 is 0.974 bits per heavy atom. The van der Waals surface area contributed by atoms with Crippen molar-refractivity contribution in [2.75, 3.05) is 13.1 Å².